The Hall–Kier alpha value is -4.71. The number of benzene rings is 4. The highest BCUT2D eigenvalue weighted by Crippen LogP contribution is 2.21. The standard InChI is InChI=1S/C28H21N5O/c34-28(20-13-11-19(12-14-20)27-32-24-7-3-4-8-25(24)33-27)29-21-15-9-18(10-16-21)17-26-30-22-5-1-2-6-23(22)31-26/h1-16H,17H2,(H,29,34)(H,30,31)(H,32,33). The second kappa shape index (κ2) is 8.33. The molecule has 0 saturated carbocycles. The third-order valence-electron chi connectivity index (χ3n) is 5.83. The zero-order valence-electron chi connectivity index (χ0n) is 18.2. The molecule has 3 N–H and O–H groups in total. The van der Waals surface area contributed by atoms with E-state index in [0.717, 1.165) is 50.5 Å². The number of hydrogen-bond donors (Lipinski definition) is 3. The van der Waals surface area contributed by atoms with Gasteiger partial charge in [-0.3, -0.25) is 4.79 Å². The second-order valence-electron chi connectivity index (χ2n) is 8.21. The Morgan fingerprint density at radius 1 is 0.706 bits per heavy atom. The maximum absolute atomic E-state index is 12.7. The van der Waals surface area contributed by atoms with Gasteiger partial charge in [0.2, 0.25) is 0 Å². The van der Waals surface area contributed by atoms with Crippen LogP contribution in [-0.4, -0.2) is 25.8 Å². The molecule has 6 aromatic rings. The first-order valence-corrected chi connectivity index (χ1v) is 11.1. The molecule has 34 heavy (non-hydrogen) atoms. The van der Waals surface area contributed by atoms with Crippen molar-refractivity contribution in [2.24, 2.45) is 0 Å². The lowest BCUT2D eigenvalue weighted by Crippen LogP contribution is -2.11. The number of nitrogens with zero attached hydrogens (tertiary/aromatic N) is 2. The van der Waals surface area contributed by atoms with Crippen molar-refractivity contribution in [2.45, 2.75) is 6.42 Å². The predicted molar refractivity (Wildman–Crippen MR) is 135 cm³/mol. The Labute approximate surface area is 195 Å². The van der Waals surface area contributed by atoms with Crippen LogP contribution in [0.15, 0.2) is 97.1 Å². The Morgan fingerprint density at radius 2 is 1.35 bits per heavy atom. The summed E-state index contributed by atoms with van der Waals surface area (Å²) < 4.78 is 0. The summed E-state index contributed by atoms with van der Waals surface area (Å²) in [4.78, 5) is 28.6. The Bertz CT molecular complexity index is 1540. The van der Waals surface area contributed by atoms with Gasteiger partial charge < -0.3 is 15.3 Å². The van der Waals surface area contributed by atoms with Crippen LogP contribution in [0.4, 0.5) is 5.69 Å². The van der Waals surface area contributed by atoms with Gasteiger partial charge in [-0.2, -0.15) is 0 Å². The highest BCUT2D eigenvalue weighted by atomic mass is 16.1. The average Bonchev–Trinajstić information content (AvgIpc) is 3.49. The first-order chi connectivity index (χ1) is 16.7. The molecule has 2 heterocycles. The lowest BCUT2D eigenvalue weighted by Gasteiger charge is -2.07. The molecular formula is C28H21N5O. The number of imidazole rings is 2. The van der Waals surface area contributed by atoms with E-state index in [1.807, 2.05) is 97.1 Å². The average molecular weight is 444 g/mol. The number of para-hydroxylation sites is 4. The van der Waals surface area contributed by atoms with Crippen molar-refractivity contribution >= 4 is 33.7 Å². The molecule has 6 rings (SSSR count). The SMILES string of the molecule is O=C(Nc1ccc(Cc2nc3ccccc3[nH]2)cc1)c1ccc(-c2nc3ccccc3[nH]2)cc1. The van der Waals surface area contributed by atoms with Crippen LogP contribution in [0.1, 0.15) is 21.7 Å². The lowest BCUT2D eigenvalue weighted by atomic mass is 10.1. The molecule has 0 aliphatic rings. The number of nitrogens with one attached hydrogen (secondary N) is 3. The van der Waals surface area contributed by atoms with Gasteiger partial charge >= 0.3 is 0 Å². The van der Waals surface area contributed by atoms with Crippen LogP contribution in [-0.2, 0) is 6.42 Å². The molecule has 4 aromatic carbocycles. The summed E-state index contributed by atoms with van der Waals surface area (Å²) in [7, 11) is 0. The maximum Gasteiger partial charge on any atom is 0.255 e. The topological polar surface area (TPSA) is 86.5 Å². The highest BCUT2D eigenvalue weighted by molar-refractivity contribution is 6.04. The van der Waals surface area contributed by atoms with Crippen LogP contribution >= 0.6 is 0 Å². The van der Waals surface area contributed by atoms with Crippen molar-refractivity contribution in [1.82, 2.24) is 19.9 Å². The molecule has 0 atom stereocenters. The number of rotatable bonds is 5. The number of aromatic amines is 2. The molecule has 0 aliphatic heterocycles. The summed E-state index contributed by atoms with van der Waals surface area (Å²) in [6, 6.07) is 31.2. The van der Waals surface area contributed by atoms with Crippen molar-refractivity contribution in [3.8, 4) is 11.4 Å². The van der Waals surface area contributed by atoms with Crippen LogP contribution in [0.25, 0.3) is 33.5 Å². The molecule has 6 heteroatoms. The van der Waals surface area contributed by atoms with Crippen molar-refractivity contribution in [3.05, 3.63) is 114 Å². The van der Waals surface area contributed by atoms with E-state index in [2.05, 4.69) is 25.3 Å². The first-order valence-electron chi connectivity index (χ1n) is 11.1. The third kappa shape index (κ3) is 3.93. The van der Waals surface area contributed by atoms with Gasteiger partial charge in [0.05, 0.1) is 22.1 Å². The number of carbonyl (C=O) groups excluding carboxylic acids is 1. The van der Waals surface area contributed by atoms with Crippen molar-refractivity contribution in [2.75, 3.05) is 5.32 Å². The van der Waals surface area contributed by atoms with Crippen LogP contribution in [0, 0.1) is 0 Å². The maximum atomic E-state index is 12.7. The van der Waals surface area contributed by atoms with Crippen molar-refractivity contribution < 1.29 is 4.79 Å². The molecule has 2 aromatic heterocycles. The number of anilines is 1. The van der Waals surface area contributed by atoms with E-state index in [0.29, 0.717) is 12.0 Å². The number of hydrogen-bond acceptors (Lipinski definition) is 3. The Balaban J connectivity index is 1.12. The summed E-state index contributed by atoms with van der Waals surface area (Å²) in [5, 5.41) is 2.97. The van der Waals surface area contributed by atoms with Gasteiger partial charge in [-0.1, -0.05) is 48.5 Å². The summed E-state index contributed by atoms with van der Waals surface area (Å²) >= 11 is 0. The van der Waals surface area contributed by atoms with Gasteiger partial charge in [-0.25, -0.2) is 9.97 Å². The van der Waals surface area contributed by atoms with Crippen LogP contribution < -0.4 is 5.32 Å². The molecule has 0 unspecified atom stereocenters. The smallest absolute Gasteiger partial charge is 0.255 e. The molecule has 1 amide bonds. The van der Waals surface area contributed by atoms with E-state index >= 15 is 0 Å². The molecule has 0 aliphatic carbocycles. The quantitative estimate of drug-likeness (QED) is 0.308. The fourth-order valence-corrected chi connectivity index (χ4v) is 4.06. The molecule has 0 saturated heterocycles. The minimum atomic E-state index is -0.152. The molecule has 0 radical (unpaired) electrons. The van der Waals surface area contributed by atoms with E-state index in [-0.39, 0.29) is 5.91 Å². The summed E-state index contributed by atoms with van der Waals surface area (Å²) in [5.74, 6) is 1.55. The Morgan fingerprint density at radius 3 is 2.03 bits per heavy atom. The molecule has 0 bridgehead atoms. The second-order valence-corrected chi connectivity index (χ2v) is 8.21. The lowest BCUT2D eigenvalue weighted by molar-refractivity contribution is 0.102. The van der Waals surface area contributed by atoms with Gasteiger partial charge in [0.1, 0.15) is 11.6 Å². The van der Waals surface area contributed by atoms with Gasteiger partial charge in [-0.05, 0) is 54.1 Å². The largest absolute Gasteiger partial charge is 0.342 e. The predicted octanol–water partition coefficient (Wildman–Crippen LogP) is 5.95. The van der Waals surface area contributed by atoms with Gasteiger partial charge in [0.25, 0.3) is 5.91 Å². The fraction of sp³-hybridized carbons (Fsp3) is 0.0357. The molecule has 0 fully saturated rings. The number of fused-ring (bicyclic) bond motifs is 2. The van der Waals surface area contributed by atoms with Gasteiger partial charge in [0.15, 0.2) is 0 Å². The number of carbonyl (C=O) groups is 1. The Kier molecular flexibility index (Phi) is 4.88. The summed E-state index contributed by atoms with van der Waals surface area (Å²) in [6.07, 6.45) is 0.701. The third-order valence-corrected chi connectivity index (χ3v) is 5.83. The van der Waals surface area contributed by atoms with E-state index in [9.17, 15) is 4.79 Å². The summed E-state index contributed by atoms with van der Waals surface area (Å²) in [5.41, 5.74) is 7.30. The normalized spacial score (nSPS) is 11.2. The van der Waals surface area contributed by atoms with Crippen molar-refractivity contribution in [3.63, 3.8) is 0 Å². The number of H-pyrrole nitrogens is 2. The minimum absolute atomic E-state index is 0.152. The molecule has 0 spiro atoms. The zero-order valence-corrected chi connectivity index (χ0v) is 18.2. The van der Waals surface area contributed by atoms with E-state index < -0.39 is 0 Å². The first kappa shape index (κ1) is 19.9. The number of aromatic nitrogens is 4. The highest BCUT2D eigenvalue weighted by Gasteiger charge is 2.09. The fourth-order valence-electron chi connectivity index (χ4n) is 4.06. The molecular weight excluding hydrogens is 422 g/mol. The zero-order chi connectivity index (χ0) is 22.9. The van der Waals surface area contributed by atoms with E-state index in [1.165, 1.54) is 0 Å². The monoisotopic (exact) mass is 443 g/mol. The minimum Gasteiger partial charge on any atom is -0.342 e. The van der Waals surface area contributed by atoms with E-state index in [1.54, 1.807) is 0 Å². The van der Waals surface area contributed by atoms with Gasteiger partial charge in [0, 0.05) is 23.2 Å². The van der Waals surface area contributed by atoms with E-state index in [4.69, 9.17) is 0 Å². The molecule has 6 nitrogen and oxygen atoms in total. The van der Waals surface area contributed by atoms with Crippen LogP contribution in [0.5, 0.6) is 0 Å². The van der Waals surface area contributed by atoms with Crippen LogP contribution in [0.3, 0.4) is 0 Å². The van der Waals surface area contributed by atoms with Crippen molar-refractivity contribution in [1.29, 1.82) is 0 Å². The van der Waals surface area contributed by atoms with Gasteiger partial charge in [-0.15, -0.1) is 0 Å². The summed E-state index contributed by atoms with van der Waals surface area (Å²) in [6.45, 7) is 0. The molecule has 164 valence electrons. The number of amides is 1. The van der Waals surface area contributed by atoms with Crippen LogP contribution in [0.2, 0.25) is 0 Å².